The molecule has 0 aromatic carbocycles. The summed E-state index contributed by atoms with van der Waals surface area (Å²) in [4.78, 5) is 22.1. The van der Waals surface area contributed by atoms with Crippen LogP contribution in [0.1, 0.15) is 23.5 Å². The van der Waals surface area contributed by atoms with Gasteiger partial charge in [0.1, 0.15) is 6.04 Å². The average molecular weight is 211 g/mol. The number of primary amides is 1. The minimum Gasteiger partial charge on any atom is -0.396 e. The minimum absolute atomic E-state index is 0.0225. The highest BCUT2D eigenvalue weighted by Crippen LogP contribution is 2.12. The van der Waals surface area contributed by atoms with E-state index in [1.165, 1.54) is 17.9 Å². The van der Waals surface area contributed by atoms with Crippen LogP contribution in [0.4, 0.5) is 5.69 Å². The molecule has 1 heterocycles. The fourth-order valence-electron chi connectivity index (χ4n) is 1.12. The van der Waals surface area contributed by atoms with Gasteiger partial charge in [0, 0.05) is 13.2 Å². The van der Waals surface area contributed by atoms with Gasteiger partial charge in [-0.25, -0.2) is 0 Å². The molecule has 7 heteroatoms. The number of hydrogen-bond acceptors (Lipinski definition) is 4. The van der Waals surface area contributed by atoms with Crippen molar-refractivity contribution in [1.29, 1.82) is 0 Å². The maximum absolute atomic E-state index is 11.3. The van der Waals surface area contributed by atoms with Crippen LogP contribution in [-0.2, 0) is 4.79 Å². The van der Waals surface area contributed by atoms with Crippen LogP contribution in [-0.4, -0.2) is 28.6 Å². The van der Waals surface area contributed by atoms with Crippen molar-refractivity contribution in [1.82, 2.24) is 15.1 Å². The molecule has 0 spiro atoms. The first-order chi connectivity index (χ1) is 6.97. The zero-order valence-corrected chi connectivity index (χ0v) is 8.52. The van der Waals surface area contributed by atoms with Gasteiger partial charge in [-0.3, -0.25) is 14.3 Å². The predicted octanol–water partition coefficient (Wildman–Crippen LogP) is -1.13. The highest BCUT2D eigenvalue weighted by Gasteiger charge is 2.18. The van der Waals surface area contributed by atoms with Crippen molar-refractivity contribution in [2.24, 2.45) is 5.73 Å². The molecule has 15 heavy (non-hydrogen) atoms. The first kappa shape index (κ1) is 11.0. The summed E-state index contributed by atoms with van der Waals surface area (Å²) in [5, 5.41) is 6.30. The van der Waals surface area contributed by atoms with Gasteiger partial charge in [0.25, 0.3) is 5.91 Å². The zero-order valence-electron chi connectivity index (χ0n) is 8.52. The van der Waals surface area contributed by atoms with Crippen LogP contribution in [0.15, 0.2) is 6.20 Å². The number of nitrogens with two attached hydrogens (primary N) is 2. The Bertz CT molecular complexity index is 398. The van der Waals surface area contributed by atoms with Crippen LogP contribution in [0.25, 0.3) is 0 Å². The molecule has 1 aromatic heterocycles. The lowest BCUT2D eigenvalue weighted by Gasteiger charge is -2.09. The molecule has 0 aliphatic rings. The lowest BCUT2D eigenvalue weighted by atomic mass is 10.3. The van der Waals surface area contributed by atoms with Crippen molar-refractivity contribution in [3.8, 4) is 0 Å². The van der Waals surface area contributed by atoms with Crippen LogP contribution in [0.2, 0.25) is 0 Å². The Morgan fingerprint density at radius 2 is 2.20 bits per heavy atom. The number of carbonyl (C=O) groups excluding carboxylic acids is 2. The van der Waals surface area contributed by atoms with Crippen LogP contribution in [0.5, 0.6) is 0 Å². The van der Waals surface area contributed by atoms with Gasteiger partial charge in [-0.15, -0.1) is 0 Å². The Balaban J connectivity index is 3.02. The van der Waals surface area contributed by atoms with Crippen molar-refractivity contribution < 1.29 is 9.59 Å². The van der Waals surface area contributed by atoms with Gasteiger partial charge in [0.15, 0.2) is 5.69 Å². The molecule has 0 fully saturated rings. The maximum atomic E-state index is 11.3. The Kier molecular flexibility index (Phi) is 2.93. The first-order valence-corrected chi connectivity index (χ1v) is 4.33. The Labute approximate surface area is 86.4 Å². The molecule has 2 amide bonds. The van der Waals surface area contributed by atoms with Crippen molar-refractivity contribution in [3.63, 3.8) is 0 Å². The van der Waals surface area contributed by atoms with Gasteiger partial charge in [0.05, 0.1) is 5.69 Å². The van der Waals surface area contributed by atoms with E-state index in [0.29, 0.717) is 0 Å². The van der Waals surface area contributed by atoms with Crippen molar-refractivity contribution >= 4 is 17.5 Å². The van der Waals surface area contributed by atoms with E-state index in [9.17, 15) is 9.59 Å². The third kappa shape index (κ3) is 2.06. The first-order valence-electron chi connectivity index (χ1n) is 4.33. The van der Waals surface area contributed by atoms with Gasteiger partial charge in [0.2, 0.25) is 5.91 Å². The fraction of sp³-hybridized carbons (Fsp3) is 0.375. The molecule has 7 nitrogen and oxygen atoms in total. The van der Waals surface area contributed by atoms with Crippen LogP contribution < -0.4 is 16.8 Å². The summed E-state index contributed by atoms with van der Waals surface area (Å²) in [6, 6.07) is -0.537. The zero-order chi connectivity index (χ0) is 11.6. The third-order valence-corrected chi connectivity index (χ3v) is 2.02. The molecule has 1 atom stereocenters. The second-order valence-electron chi connectivity index (χ2n) is 3.07. The van der Waals surface area contributed by atoms with Crippen molar-refractivity contribution in [2.45, 2.75) is 13.0 Å². The number of likely N-dealkylation sites (N-methyl/N-ethyl adjacent to an activating group) is 1. The second-order valence-corrected chi connectivity index (χ2v) is 3.07. The lowest BCUT2D eigenvalue weighted by molar-refractivity contribution is -0.123. The number of rotatable bonds is 3. The SMILES string of the molecule is CNC(=O)C(C)n1cc(N)c(C(N)=O)n1. The molecule has 0 bridgehead atoms. The number of carbonyl (C=O) groups is 2. The molecule has 1 unspecified atom stereocenters. The minimum atomic E-state index is -0.713. The maximum Gasteiger partial charge on any atom is 0.271 e. The number of aromatic nitrogens is 2. The van der Waals surface area contributed by atoms with E-state index in [-0.39, 0.29) is 17.3 Å². The lowest BCUT2D eigenvalue weighted by Crippen LogP contribution is -2.28. The summed E-state index contributed by atoms with van der Waals surface area (Å²) in [6.07, 6.45) is 1.40. The molecule has 0 radical (unpaired) electrons. The molecular weight excluding hydrogens is 198 g/mol. The summed E-state index contributed by atoms with van der Waals surface area (Å²) < 4.78 is 1.30. The predicted molar refractivity (Wildman–Crippen MR) is 53.9 cm³/mol. The Morgan fingerprint density at radius 1 is 1.60 bits per heavy atom. The fourth-order valence-corrected chi connectivity index (χ4v) is 1.12. The largest absolute Gasteiger partial charge is 0.396 e. The van der Waals surface area contributed by atoms with E-state index in [1.54, 1.807) is 6.92 Å². The molecule has 1 rings (SSSR count). The van der Waals surface area contributed by atoms with Crippen LogP contribution in [0, 0.1) is 0 Å². The van der Waals surface area contributed by atoms with Gasteiger partial charge < -0.3 is 16.8 Å². The van der Waals surface area contributed by atoms with Crippen molar-refractivity contribution in [2.75, 3.05) is 12.8 Å². The van der Waals surface area contributed by atoms with E-state index in [2.05, 4.69) is 10.4 Å². The monoisotopic (exact) mass is 211 g/mol. The van der Waals surface area contributed by atoms with Crippen LogP contribution in [0.3, 0.4) is 0 Å². The molecule has 0 saturated carbocycles. The van der Waals surface area contributed by atoms with Crippen molar-refractivity contribution in [3.05, 3.63) is 11.9 Å². The number of amides is 2. The molecule has 0 aliphatic heterocycles. The Hall–Kier alpha value is -2.05. The van der Waals surface area contributed by atoms with E-state index >= 15 is 0 Å². The van der Waals surface area contributed by atoms with E-state index < -0.39 is 11.9 Å². The summed E-state index contributed by atoms with van der Waals surface area (Å²) in [7, 11) is 1.51. The average Bonchev–Trinajstić information content (AvgIpc) is 2.58. The standard InChI is InChI=1S/C8H13N5O2/c1-4(8(15)11-2)13-3-5(9)6(12-13)7(10)14/h3-4H,9H2,1-2H3,(H2,10,14)(H,11,15). The molecule has 5 N–H and O–H groups in total. The quantitative estimate of drug-likeness (QED) is 0.586. The summed E-state index contributed by atoms with van der Waals surface area (Å²) >= 11 is 0. The Morgan fingerprint density at radius 3 is 2.60 bits per heavy atom. The molecule has 1 aromatic rings. The third-order valence-electron chi connectivity index (χ3n) is 2.02. The van der Waals surface area contributed by atoms with Gasteiger partial charge in [-0.1, -0.05) is 0 Å². The number of anilines is 1. The van der Waals surface area contributed by atoms with Gasteiger partial charge >= 0.3 is 0 Å². The van der Waals surface area contributed by atoms with Crippen LogP contribution >= 0.6 is 0 Å². The van der Waals surface area contributed by atoms with Gasteiger partial charge in [-0.2, -0.15) is 5.10 Å². The molecule has 82 valence electrons. The number of nitrogens with zero attached hydrogens (tertiary/aromatic N) is 2. The number of nitrogen functional groups attached to an aromatic ring is 1. The summed E-state index contributed by atoms with van der Waals surface area (Å²) in [5.74, 6) is -0.941. The van der Waals surface area contributed by atoms with E-state index in [0.717, 1.165) is 0 Å². The smallest absolute Gasteiger partial charge is 0.271 e. The second kappa shape index (κ2) is 3.99. The summed E-state index contributed by atoms with van der Waals surface area (Å²) in [5.41, 5.74) is 10.7. The number of nitrogens with one attached hydrogen (secondary N) is 1. The van der Waals surface area contributed by atoms with Gasteiger partial charge in [-0.05, 0) is 6.92 Å². The topological polar surface area (TPSA) is 116 Å². The molecular formula is C8H13N5O2. The highest BCUT2D eigenvalue weighted by molar-refractivity contribution is 5.95. The summed E-state index contributed by atoms with van der Waals surface area (Å²) in [6.45, 7) is 1.63. The normalized spacial score (nSPS) is 12.1. The van der Waals surface area contributed by atoms with E-state index in [1.807, 2.05) is 0 Å². The molecule has 0 saturated heterocycles. The molecule has 0 aliphatic carbocycles. The highest BCUT2D eigenvalue weighted by atomic mass is 16.2. The van der Waals surface area contributed by atoms with E-state index in [4.69, 9.17) is 11.5 Å². The number of hydrogen-bond donors (Lipinski definition) is 3.